The molecule has 0 N–H and O–H groups in total. The second-order valence-electron chi connectivity index (χ2n) is 8.23. The number of amides is 1. The molecular weight excluding hydrogens is 462 g/mol. The number of carbonyl (C=O) groups excluding carboxylic acids is 2. The van der Waals surface area contributed by atoms with Gasteiger partial charge in [-0.1, -0.05) is 0 Å². The van der Waals surface area contributed by atoms with Gasteiger partial charge in [0.2, 0.25) is 0 Å². The first-order valence-electron chi connectivity index (χ1n) is 11.5. The lowest BCUT2D eigenvalue weighted by atomic mass is 9.91. The van der Waals surface area contributed by atoms with Gasteiger partial charge in [0.15, 0.2) is 11.5 Å². The zero-order valence-corrected chi connectivity index (χ0v) is 20.8. The van der Waals surface area contributed by atoms with Gasteiger partial charge in [0.05, 0.1) is 40.0 Å². The van der Waals surface area contributed by atoms with Gasteiger partial charge in [-0.25, -0.2) is 4.79 Å². The molecule has 0 bridgehead atoms. The van der Waals surface area contributed by atoms with Crippen LogP contribution in [-0.2, 0) is 11.2 Å². The Hall–Kier alpha value is -4.20. The maximum absolute atomic E-state index is 13.6. The summed E-state index contributed by atoms with van der Waals surface area (Å²) in [5.41, 5.74) is 2.86. The number of fused-ring (bicyclic) bond motifs is 1. The minimum Gasteiger partial charge on any atom is -0.497 e. The van der Waals surface area contributed by atoms with Crippen LogP contribution in [0.2, 0.25) is 0 Å². The van der Waals surface area contributed by atoms with Gasteiger partial charge in [0.1, 0.15) is 18.1 Å². The summed E-state index contributed by atoms with van der Waals surface area (Å²) in [4.78, 5) is 27.2. The van der Waals surface area contributed by atoms with Crippen LogP contribution in [0, 0.1) is 0 Å². The summed E-state index contributed by atoms with van der Waals surface area (Å²) in [6, 6.07) is 17.3. The summed E-state index contributed by atoms with van der Waals surface area (Å²) in [5.74, 6) is 2.02. The Morgan fingerprint density at radius 3 is 2.03 bits per heavy atom. The number of hydrogen-bond donors (Lipinski definition) is 0. The number of nitrogens with zero attached hydrogens (tertiary/aromatic N) is 1. The highest BCUT2D eigenvalue weighted by molar-refractivity contribution is 5.96. The fourth-order valence-corrected chi connectivity index (χ4v) is 4.33. The van der Waals surface area contributed by atoms with Crippen molar-refractivity contribution in [3.05, 3.63) is 82.9 Å². The normalized spacial score (nSPS) is 14.4. The summed E-state index contributed by atoms with van der Waals surface area (Å²) < 4.78 is 27.1. The van der Waals surface area contributed by atoms with E-state index in [1.165, 1.54) is 7.11 Å². The van der Waals surface area contributed by atoms with Crippen molar-refractivity contribution < 1.29 is 33.3 Å². The Balaban J connectivity index is 1.66. The van der Waals surface area contributed by atoms with E-state index in [1.54, 1.807) is 50.5 Å². The molecule has 3 aromatic carbocycles. The number of benzene rings is 3. The van der Waals surface area contributed by atoms with E-state index in [0.717, 1.165) is 16.9 Å². The summed E-state index contributed by atoms with van der Waals surface area (Å²) in [7, 11) is 6.12. The van der Waals surface area contributed by atoms with Crippen LogP contribution in [0.25, 0.3) is 0 Å². The molecule has 0 spiro atoms. The zero-order chi connectivity index (χ0) is 25.7. The van der Waals surface area contributed by atoms with Crippen LogP contribution in [0.5, 0.6) is 23.0 Å². The summed E-state index contributed by atoms with van der Waals surface area (Å²) >= 11 is 0. The van der Waals surface area contributed by atoms with Gasteiger partial charge in [0.25, 0.3) is 5.91 Å². The predicted octanol–water partition coefficient (Wildman–Crippen LogP) is 4.32. The first-order chi connectivity index (χ1) is 17.5. The van der Waals surface area contributed by atoms with E-state index >= 15 is 0 Å². The van der Waals surface area contributed by atoms with E-state index in [0.29, 0.717) is 41.3 Å². The molecular formula is C28H29NO7. The maximum atomic E-state index is 13.6. The van der Waals surface area contributed by atoms with Crippen LogP contribution in [-0.4, -0.2) is 58.4 Å². The van der Waals surface area contributed by atoms with Crippen molar-refractivity contribution >= 4 is 11.9 Å². The van der Waals surface area contributed by atoms with Gasteiger partial charge < -0.3 is 28.6 Å². The highest BCUT2D eigenvalue weighted by atomic mass is 16.5. The molecule has 1 aliphatic rings. The quantitative estimate of drug-likeness (QED) is 0.434. The van der Waals surface area contributed by atoms with Crippen molar-refractivity contribution in [1.82, 2.24) is 4.90 Å². The topological polar surface area (TPSA) is 83.5 Å². The van der Waals surface area contributed by atoms with Gasteiger partial charge in [-0.05, 0) is 78.2 Å². The number of hydrogen-bond acceptors (Lipinski definition) is 7. The van der Waals surface area contributed by atoms with Crippen molar-refractivity contribution in [2.24, 2.45) is 0 Å². The molecule has 1 aliphatic heterocycles. The van der Waals surface area contributed by atoms with E-state index in [9.17, 15) is 9.59 Å². The Bertz CT molecular complexity index is 1220. The third-order valence-corrected chi connectivity index (χ3v) is 6.28. The molecule has 1 unspecified atom stereocenters. The van der Waals surface area contributed by atoms with Crippen LogP contribution >= 0.6 is 0 Å². The number of esters is 1. The molecule has 3 aromatic rings. The van der Waals surface area contributed by atoms with Gasteiger partial charge in [-0.2, -0.15) is 0 Å². The average molecular weight is 492 g/mol. The number of rotatable bonds is 8. The van der Waals surface area contributed by atoms with Crippen LogP contribution < -0.4 is 18.9 Å². The van der Waals surface area contributed by atoms with E-state index in [2.05, 4.69) is 0 Å². The Morgan fingerprint density at radius 1 is 0.806 bits per heavy atom. The monoisotopic (exact) mass is 491 g/mol. The molecule has 1 amide bonds. The van der Waals surface area contributed by atoms with Crippen molar-refractivity contribution in [3.8, 4) is 23.0 Å². The fraction of sp³-hybridized carbons (Fsp3) is 0.286. The zero-order valence-electron chi connectivity index (χ0n) is 20.8. The summed E-state index contributed by atoms with van der Waals surface area (Å²) in [5, 5.41) is 0. The number of carbonyl (C=O) groups is 2. The molecule has 0 aromatic heterocycles. The molecule has 0 aliphatic carbocycles. The number of ether oxygens (including phenoxy) is 5. The molecule has 36 heavy (non-hydrogen) atoms. The van der Waals surface area contributed by atoms with Crippen molar-refractivity contribution in [2.45, 2.75) is 12.5 Å². The molecule has 1 atom stereocenters. The molecule has 188 valence electrons. The third-order valence-electron chi connectivity index (χ3n) is 6.28. The molecule has 0 fully saturated rings. The molecule has 4 rings (SSSR count). The molecule has 0 radical (unpaired) electrons. The first-order valence-corrected chi connectivity index (χ1v) is 11.5. The lowest BCUT2D eigenvalue weighted by Gasteiger charge is -2.37. The fourth-order valence-electron chi connectivity index (χ4n) is 4.33. The smallest absolute Gasteiger partial charge is 0.337 e. The predicted molar refractivity (Wildman–Crippen MR) is 133 cm³/mol. The molecule has 0 saturated carbocycles. The summed E-state index contributed by atoms with van der Waals surface area (Å²) in [6.07, 6.45) is 0.653. The molecule has 8 heteroatoms. The standard InChI is InChI=1S/C28H29NO7/c1-32-21-9-11-22(12-10-21)36-17-24-23-16-26(34-3)25(33-2)15-20(23)13-14-29(24)27(30)18-5-7-19(8-6-18)28(31)35-4/h5-12,15-16,24H,13-14,17H2,1-4H3. The largest absolute Gasteiger partial charge is 0.497 e. The second kappa shape index (κ2) is 11.0. The number of methoxy groups -OCH3 is 4. The van der Waals surface area contributed by atoms with E-state index in [4.69, 9.17) is 23.7 Å². The van der Waals surface area contributed by atoms with Gasteiger partial charge in [0, 0.05) is 12.1 Å². The second-order valence-corrected chi connectivity index (χ2v) is 8.23. The van der Waals surface area contributed by atoms with Crippen molar-refractivity contribution in [1.29, 1.82) is 0 Å². The maximum Gasteiger partial charge on any atom is 0.337 e. The van der Waals surface area contributed by atoms with Gasteiger partial charge >= 0.3 is 5.97 Å². The Labute approximate surface area is 210 Å². The Kier molecular flexibility index (Phi) is 7.63. The summed E-state index contributed by atoms with van der Waals surface area (Å²) in [6.45, 7) is 0.734. The van der Waals surface area contributed by atoms with E-state index in [1.807, 2.05) is 36.4 Å². The van der Waals surface area contributed by atoms with Crippen LogP contribution in [0.15, 0.2) is 60.7 Å². The van der Waals surface area contributed by atoms with Crippen LogP contribution in [0.4, 0.5) is 0 Å². The SMILES string of the molecule is COC(=O)c1ccc(C(=O)N2CCc3cc(OC)c(OC)cc3C2COc2ccc(OC)cc2)cc1. The Morgan fingerprint density at radius 2 is 1.42 bits per heavy atom. The van der Waals surface area contributed by atoms with Crippen molar-refractivity contribution in [3.63, 3.8) is 0 Å². The minimum absolute atomic E-state index is 0.157. The van der Waals surface area contributed by atoms with Crippen LogP contribution in [0.1, 0.15) is 37.9 Å². The third kappa shape index (κ3) is 5.07. The first kappa shape index (κ1) is 24.9. The highest BCUT2D eigenvalue weighted by Crippen LogP contribution is 2.39. The van der Waals surface area contributed by atoms with Crippen LogP contribution in [0.3, 0.4) is 0 Å². The lowest BCUT2D eigenvalue weighted by molar-refractivity contribution is 0.0581. The van der Waals surface area contributed by atoms with E-state index in [-0.39, 0.29) is 18.6 Å². The molecule has 0 saturated heterocycles. The average Bonchev–Trinajstić information content (AvgIpc) is 2.94. The lowest BCUT2D eigenvalue weighted by Crippen LogP contribution is -2.42. The van der Waals surface area contributed by atoms with Gasteiger partial charge in [-0.15, -0.1) is 0 Å². The highest BCUT2D eigenvalue weighted by Gasteiger charge is 2.33. The molecule has 8 nitrogen and oxygen atoms in total. The minimum atomic E-state index is -0.451. The molecule has 1 heterocycles. The van der Waals surface area contributed by atoms with E-state index < -0.39 is 5.97 Å². The van der Waals surface area contributed by atoms with Gasteiger partial charge in [-0.3, -0.25) is 4.79 Å². The van der Waals surface area contributed by atoms with Crippen molar-refractivity contribution in [2.75, 3.05) is 41.6 Å².